The van der Waals surface area contributed by atoms with E-state index in [2.05, 4.69) is 26.2 Å². The Bertz CT molecular complexity index is 996. The SMILES string of the molecule is CC(C)(C)OC(=O)N1CC(F)(COc2c(Br)ccc3nc(NC(=O)C4CC4)sc23)C1. The average molecular weight is 500 g/mol. The highest BCUT2D eigenvalue weighted by Gasteiger charge is 2.48. The minimum atomic E-state index is -1.65. The summed E-state index contributed by atoms with van der Waals surface area (Å²) in [7, 11) is 0. The fraction of sp³-hybridized carbons (Fsp3) is 0.550. The van der Waals surface area contributed by atoms with Gasteiger partial charge >= 0.3 is 6.09 Å². The van der Waals surface area contributed by atoms with Gasteiger partial charge in [0.1, 0.15) is 12.2 Å². The summed E-state index contributed by atoms with van der Waals surface area (Å²) in [6.45, 7) is 4.94. The first-order valence-corrected chi connectivity index (χ1v) is 11.3. The maximum atomic E-state index is 15.0. The van der Waals surface area contributed by atoms with Crippen LogP contribution in [-0.4, -0.2) is 52.9 Å². The zero-order chi connectivity index (χ0) is 21.7. The summed E-state index contributed by atoms with van der Waals surface area (Å²) in [6.07, 6.45) is 1.29. The number of halogens is 2. The van der Waals surface area contributed by atoms with E-state index in [0.29, 0.717) is 20.9 Å². The lowest BCUT2D eigenvalue weighted by Gasteiger charge is -2.43. The second kappa shape index (κ2) is 7.64. The number of benzene rings is 1. The maximum Gasteiger partial charge on any atom is 0.410 e. The number of carbonyl (C=O) groups excluding carboxylic acids is 2. The van der Waals surface area contributed by atoms with Crippen LogP contribution in [0.3, 0.4) is 0 Å². The smallest absolute Gasteiger partial charge is 0.410 e. The number of rotatable bonds is 5. The van der Waals surface area contributed by atoms with Crippen LogP contribution in [0.2, 0.25) is 0 Å². The molecule has 1 N–H and O–H groups in total. The number of alkyl halides is 1. The van der Waals surface area contributed by atoms with Crippen molar-refractivity contribution in [2.45, 2.75) is 44.9 Å². The molecular formula is C20H23BrFN3O4S. The van der Waals surface area contributed by atoms with Gasteiger partial charge in [-0.25, -0.2) is 14.2 Å². The number of ether oxygens (including phenoxy) is 2. The van der Waals surface area contributed by atoms with E-state index in [-0.39, 0.29) is 31.5 Å². The largest absolute Gasteiger partial charge is 0.487 e. The van der Waals surface area contributed by atoms with Crippen molar-refractivity contribution in [2.24, 2.45) is 5.92 Å². The van der Waals surface area contributed by atoms with Gasteiger partial charge in [0.2, 0.25) is 5.91 Å². The number of carbonyl (C=O) groups is 2. The van der Waals surface area contributed by atoms with E-state index in [9.17, 15) is 14.0 Å². The number of likely N-dealkylation sites (tertiary alicyclic amines) is 1. The normalized spacial score (nSPS) is 18.1. The quantitative estimate of drug-likeness (QED) is 0.642. The van der Waals surface area contributed by atoms with E-state index in [1.807, 2.05) is 6.07 Å². The number of aromatic nitrogens is 1. The van der Waals surface area contributed by atoms with Crippen LogP contribution in [0.15, 0.2) is 16.6 Å². The summed E-state index contributed by atoms with van der Waals surface area (Å²) >= 11 is 4.74. The third-order valence-corrected chi connectivity index (χ3v) is 6.33. The summed E-state index contributed by atoms with van der Waals surface area (Å²) in [5, 5.41) is 3.34. The van der Waals surface area contributed by atoms with Gasteiger partial charge in [-0.2, -0.15) is 0 Å². The molecule has 0 spiro atoms. The van der Waals surface area contributed by atoms with Crippen molar-refractivity contribution in [3.05, 3.63) is 16.6 Å². The van der Waals surface area contributed by atoms with E-state index in [1.54, 1.807) is 26.8 Å². The fourth-order valence-electron chi connectivity index (χ4n) is 3.07. The number of nitrogens with zero attached hydrogens (tertiary/aromatic N) is 2. The minimum absolute atomic E-state index is 0.0185. The molecule has 30 heavy (non-hydrogen) atoms. The Morgan fingerprint density at radius 2 is 2.07 bits per heavy atom. The lowest BCUT2D eigenvalue weighted by Crippen LogP contribution is -2.64. The third kappa shape index (κ3) is 4.69. The predicted octanol–water partition coefficient (Wildman–Crippen LogP) is 4.75. The van der Waals surface area contributed by atoms with Crippen LogP contribution in [-0.2, 0) is 9.53 Å². The Balaban J connectivity index is 1.41. The molecule has 0 radical (unpaired) electrons. The van der Waals surface area contributed by atoms with Crippen molar-refractivity contribution in [2.75, 3.05) is 25.0 Å². The van der Waals surface area contributed by atoms with Crippen LogP contribution in [0.4, 0.5) is 14.3 Å². The Morgan fingerprint density at radius 1 is 1.37 bits per heavy atom. The number of hydrogen-bond acceptors (Lipinski definition) is 6. The Morgan fingerprint density at radius 3 is 2.70 bits per heavy atom. The molecule has 1 saturated carbocycles. The van der Waals surface area contributed by atoms with Crippen LogP contribution in [0.25, 0.3) is 10.2 Å². The van der Waals surface area contributed by atoms with E-state index >= 15 is 0 Å². The Hall–Kier alpha value is -1.94. The van der Waals surface area contributed by atoms with Crippen molar-refractivity contribution in [1.82, 2.24) is 9.88 Å². The zero-order valence-electron chi connectivity index (χ0n) is 17.0. The van der Waals surface area contributed by atoms with Crippen LogP contribution >= 0.6 is 27.3 Å². The molecule has 0 bridgehead atoms. The fourth-order valence-corrected chi connectivity index (χ4v) is 4.62. The molecule has 0 unspecified atom stereocenters. The third-order valence-electron chi connectivity index (χ3n) is 4.72. The highest BCUT2D eigenvalue weighted by molar-refractivity contribution is 9.10. The van der Waals surface area contributed by atoms with Gasteiger partial charge in [-0.3, -0.25) is 4.79 Å². The van der Waals surface area contributed by atoms with Gasteiger partial charge in [0, 0.05) is 5.92 Å². The van der Waals surface area contributed by atoms with Crippen molar-refractivity contribution in [1.29, 1.82) is 0 Å². The van der Waals surface area contributed by atoms with E-state index in [0.717, 1.165) is 17.5 Å². The number of fused-ring (bicyclic) bond motifs is 1. The molecule has 4 rings (SSSR count). The standard InChI is InChI=1S/C20H23BrFN3O4S/c1-19(2,3)29-18(27)25-8-20(22,9-25)10-28-14-12(21)6-7-13-15(14)30-17(23-13)24-16(26)11-4-5-11/h6-7,11H,4-5,8-10H2,1-3H3,(H,23,24,26). The molecule has 2 fully saturated rings. The van der Waals surface area contributed by atoms with Gasteiger partial charge in [0.25, 0.3) is 0 Å². The highest BCUT2D eigenvalue weighted by atomic mass is 79.9. The predicted molar refractivity (Wildman–Crippen MR) is 116 cm³/mol. The van der Waals surface area contributed by atoms with Crippen LogP contribution in [0.1, 0.15) is 33.6 Å². The molecular weight excluding hydrogens is 477 g/mol. The van der Waals surface area contributed by atoms with Gasteiger partial charge in [0.05, 0.1) is 27.8 Å². The molecule has 10 heteroatoms. The summed E-state index contributed by atoms with van der Waals surface area (Å²) in [5.74, 6) is 0.539. The molecule has 1 aromatic carbocycles. The van der Waals surface area contributed by atoms with E-state index in [1.165, 1.54) is 16.2 Å². The molecule has 7 nitrogen and oxygen atoms in total. The minimum Gasteiger partial charge on any atom is -0.487 e. The number of anilines is 1. The molecule has 2 amide bonds. The average Bonchev–Trinajstić information content (AvgIpc) is 3.38. The van der Waals surface area contributed by atoms with Crippen molar-refractivity contribution in [3.8, 4) is 5.75 Å². The van der Waals surface area contributed by atoms with Gasteiger partial charge in [-0.05, 0) is 61.7 Å². The second-order valence-corrected chi connectivity index (χ2v) is 10.6. The molecule has 1 aromatic heterocycles. The number of amides is 2. The molecule has 1 saturated heterocycles. The lowest BCUT2D eigenvalue weighted by atomic mass is 9.98. The molecule has 2 aromatic rings. The summed E-state index contributed by atoms with van der Waals surface area (Å²) in [5.41, 5.74) is -1.60. The summed E-state index contributed by atoms with van der Waals surface area (Å²) in [4.78, 5) is 29.8. The number of nitrogens with one attached hydrogen (secondary N) is 1. The highest BCUT2D eigenvalue weighted by Crippen LogP contribution is 2.41. The first-order chi connectivity index (χ1) is 14.0. The topological polar surface area (TPSA) is 80.8 Å². The summed E-state index contributed by atoms with van der Waals surface area (Å²) < 4.78 is 27.5. The monoisotopic (exact) mass is 499 g/mol. The molecule has 0 atom stereocenters. The van der Waals surface area contributed by atoms with Gasteiger partial charge in [0.15, 0.2) is 16.5 Å². The van der Waals surface area contributed by atoms with Crippen molar-refractivity contribution < 1.29 is 23.5 Å². The van der Waals surface area contributed by atoms with E-state index < -0.39 is 17.4 Å². The van der Waals surface area contributed by atoms with Crippen molar-refractivity contribution in [3.63, 3.8) is 0 Å². The van der Waals surface area contributed by atoms with Gasteiger partial charge < -0.3 is 19.7 Å². The Kier molecular flexibility index (Phi) is 5.42. The number of hydrogen-bond donors (Lipinski definition) is 1. The first-order valence-electron chi connectivity index (χ1n) is 9.73. The molecule has 2 aliphatic rings. The molecule has 162 valence electrons. The van der Waals surface area contributed by atoms with Crippen LogP contribution in [0.5, 0.6) is 5.75 Å². The lowest BCUT2D eigenvalue weighted by molar-refractivity contribution is -0.117. The van der Waals surface area contributed by atoms with E-state index in [4.69, 9.17) is 9.47 Å². The zero-order valence-corrected chi connectivity index (χ0v) is 19.4. The molecule has 2 heterocycles. The second-order valence-electron chi connectivity index (χ2n) is 8.78. The van der Waals surface area contributed by atoms with Gasteiger partial charge in [-0.15, -0.1) is 0 Å². The van der Waals surface area contributed by atoms with Crippen LogP contribution in [0, 0.1) is 5.92 Å². The molecule has 1 aliphatic carbocycles. The number of thiazole rings is 1. The first kappa shape index (κ1) is 21.3. The maximum absolute atomic E-state index is 15.0. The molecule has 1 aliphatic heterocycles. The van der Waals surface area contributed by atoms with Gasteiger partial charge in [-0.1, -0.05) is 11.3 Å². The van der Waals surface area contributed by atoms with Crippen molar-refractivity contribution >= 4 is 54.6 Å². The summed E-state index contributed by atoms with van der Waals surface area (Å²) in [6, 6.07) is 3.59. The van der Waals surface area contributed by atoms with Crippen LogP contribution < -0.4 is 10.1 Å². The Labute approximate surface area is 186 Å².